The molecule has 0 spiro atoms. The summed E-state index contributed by atoms with van der Waals surface area (Å²) in [5.74, 6) is -0.685. The number of rotatable bonds is 10. The number of carbonyl (C=O) groups excluding carboxylic acids is 3. The van der Waals surface area contributed by atoms with Crippen LogP contribution in [0.25, 0.3) is 6.08 Å². The Balaban J connectivity index is 1.51. The van der Waals surface area contributed by atoms with Gasteiger partial charge in [-0.1, -0.05) is 65.7 Å². The van der Waals surface area contributed by atoms with Crippen molar-refractivity contribution in [3.63, 3.8) is 0 Å². The van der Waals surface area contributed by atoms with Crippen LogP contribution in [-0.4, -0.2) is 30.1 Å². The third kappa shape index (κ3) is 8.39. The number of para-hydroxylation sites is 1. The van der Waals surface area contributed by atoms with Crippen LogP contribution in [0.4, 0.5) is 11.4 Å². The van der Waals surface area contributed by atoms with Gasteiger partial charge >= 0.3 is 0 Å². The van der Waals surface area contributed by atoms with E-state index in [0.717, 1.165) is 4.90 Å². The Labute approximate surface area is 258 Å². The number of nitrogens with one attached hydrogen (secondary N) is 3. The van der Waals surface area contributed by atoms with Crippen molar-refractivity contribution < 1.29 is 19.1 Å². The molecule has 0 saturated heterocycles. The van der Waals surface area contributed by atoms with Crippen LogP contribution in [0.3, 0.4) is 0 Å². The van der Waals surface area contributed by atoms with Crippen molar-refractivity contribution in [1.29, 1.82) is 0 Å². The van der Waals surface area contributed by atoms with Gasteiger partial charge in [-0.25, -0.2) is 0 Å². The van der Waals surface area contributed by atoms with Gasteiger partial charge in [0.15, 0.2) is 0 Å². The second-order valence-electron chi connectivity index (χ2n) is 8.98. The molecule has 0 fully saturated rings. The Morgan fingerprint density at radius 1 is 0.857 bits per heavy atom. The van der Waals surface area contributed by atoms with Gasteiger partial charge < -0.3 is 20.7 Å². The molecule has 42 heavy (non-hydrogen) atoms. The molecule has 0 aromatic heterocycles. The standard InChI is InChI=1S/C32H27Cl2N3O4S/c1-20(30(38)36-27-18-23(33)15-16-26(27)34)42-25-13-8-12-24(19-25)35-32(40)28(17-22-11-6-7-14-29(22)41-2)37-31(39)21-9-4-3-5-10-21/h3-20H,1-2H3,(H,35,40)(H,36,38)(H,37,39)/b28-17+. The van der Waals surface area contributed by atoms with Crippen molar-refractivity contribution in [1.82, 2.24) is 5.32 Å². The lowest BCUT2D eigenvalue weighted by atomic mass is 10.1. The molecule has 3 amide bonds. The molecule has 0 radical (unpaired) electrons. The van der Waals surface area contributed by atoms with E-state index in [9.17, 15) is 14.4 Å². The fourth-order valence-corrected chi connectivity index (χ4v) is 5.08. The number of halogens is 2. The predicted octanol–water partition coefficient (Wildman–Crippen LogP) is 7.53. The van der Waals surface area contributed by atoms with E-state index in [0.29, 0.717) is 38.3 Å². The molecule has 7 nitrogen and oxygen atoms in total. The monoisotopic (exact) mass is 619 g/mol. The van der Waals surface area contributed by atoms with Crippen molar-refractivity contribution in [3.05, 3.63) is 124 Å². The molecule has 1 unspecified atom stereocenters. The number of thioether (sulfide) groups is 1. The van der Waals surface area contributed by atoms with E-state index in [2.05, 4.69) is 16.0 Å². The van der Waals surface area contributed by atoms with Crippen molar-refractivity contribution >= 4 is 70.1 Å². The lowest BCUT2D eigenvalue weighted by molar-refractivity contribution is -0.115. The SMILES string of the molecule is COc1ccccc1/C=C(/NC(=O)c1ccccc1)C(=O)Nc1cccc(SC(C)C(=O)Nc2cc(Cl)ccc2Cl)c1. The van der Waals surface area contributed by atoms with Crippen LogP contribution < -0.4 is 20.7 Å². The van der Waals surface area contributed by atoms with Gasteiger partial charge in [-0.05, 0) is 67.6 Å². The normalized spacial score (nSPS) is 11.8. The topological polar surface area (TPSA) is 96.5 Å². The number of amides is 3. The van der Waals surface area contributed by atoms with Gasteiger partial charge in [0.25, 0.3) is 11.8 Å². The average molecular weight is 621 g/mol. The molecule has 214 valence electrons. The first-order valence-electron chi connectivity index (χ1n) is 12.8. The van der Waals surface area contributed by atoms with Gasteiger partial charge in [-0.15, -0.1) is 11.8 Å². The fraction of sp³-hybridized carbons (Fsp3) is 0.0938. The Morgan fingerprint density at radius 2 is 1.60 bits per heavy atom. The van der Waals surface area contributed by atoms with Crippen molar-refractivity contribution in [2.75, 3.05) is 17.7 Å². The van der Waals surface area contributed by atoms with E-state index in [1.54, 1.807) is 97.9 Å². The summed E-state index contributed by atoms with van der Waals surface area (Å²) in [4.78, 5) is 40.0. The lowest BCUT2D eigenvalue weighted by Crippen LogP contribution is -2.30. The maximum absolute atomic E-state index is 13.5. The van der Waals surface area contributed by atoms with E-state index in [4.69, 9.17) is 27.9 Å². The Bertz CT molecular complexity index is 1630. The van der Waals surface area contributed by atoms with E-state index < -0.39 is 17.1 Å². The summed E-state index contributed by atoms with van der Waals surface area (Å²) in [6.45, 7) is 1.76. The molecule has 0 heterocycles. The van der Waals surface area contributed by atoms with Crippen molar-refractivity contribution in [2.45, 2.75) is 17.1 Å². The highest BCUT2D eigenvalue weighted by atomic mass is 35.5. The maximum Gasteiger partial charge on any atom is 0.272 e. The highest BCUT2D eigenvalue weighted by Gasteiger charge is 2.18. The minimum absolute atomic E-state index is 0.0255. The number of benzene rings is 4. The lowest BCUT2D eigenvalue weighted by Gasteiger charge is -2.15. The second kappa shape index (κ2) is 14.6. The minimum atomic E-state index is -0.534. The summed E-state index contributed by atoms with van der Waals surface area (Å²) in [5.41, 5.74) is 1.95. The highest BCUT2D eigenvalue weighted by molar-refractivity contribution is 8.00. The van der Waals surface area contributed by atoms with Gasteiger partial charge in [-0.2, -0.15) is 0 Å². The zero-order valence-electron chi connectivity index (χ0n) is 22.7. The zero-order chi connectivity index (χ0) is 30.1. The quantitative estimate of drug-likeness (QED) is 0.126. The van der Waals surface area contributed by atoms with Crippen molar-refractivity contribution in [3.8, 4) is 5.75 Å². The van der Waals surface area contributed by atoms with Crippen LogP contribution in [0.2, 0.25) is 10.0 Å². The smallest absolute Gasteiger partial charge is 0.272 e. The van der Waals surface area contributed by atoms with E-state index in [-0.39, 0.29) is 11.6 Å². The van der Waals surface area contributed by atoms with Crippen LogP contribution in [0.1, 0.15) is 22.8 Å². The van der Waals surface area contributed by atoms with Crippen LogP contribution in [-0.2, 0) is 9.59 Å². The number of ether oxygens (including phenoxy) is 1. The summed E-state index contributed by atoms with van der Waals surface area (Å²) < 4.78 is 5.42. The molecule has 0 aliphatic rings. The number of hydrogen-bond acceptors (Lipinski definition) is 5. The first-order valence-corrected chi connectivity index (χ1v) is 14.4. The van der Waals surface area contributed by atoms with Crippen LogP contribution >= 0.6 is 35.0 Å². The number of anilines is 2. The fourth-order valence-electron chi connectivity index (χ4n) is 3.81. The summed E-state index contributed by atoms with van der Waals surface area (Å²) in [7, 11) is 1.53. The molecule has 0 saturated carbocycles. The predicted molar refractivity (Wildman–Crippen MR) is 170 cm³/mol. The Kier molecular flexibility index (Phi) is 10.7. The third-order valence-corrected chi connectivity index (χ3v) is 7.59. The van der Waals surface area contributed by atoms with Gasteiger partial charge in [0.2, 0.25) is 5.91 Å². The molecule has 3 N–H and O–H groups in total. The molecule has 4 aromatic rings. The molecule has 1 atom stereocenters. The molecule has 0 bridgehead atoms. The first-order chi connectivity index (χ1) is 20.2. The molecule has 4 aromatic carbocycles. The summed E-state index contributed by atoms with van der Waals surface area (Å²) in [5, 5.41) is 8.71. The minimum Gasteiger partial charge on any atom is -0.496 e. The average Bonchev–Trinajstić information content (AvgIpc) is 2.99. The molecular formula is C32H27Cl2N3O4S. The van der Waals surface area contributed by atoms with E-state index in [1.807, 2.05) is 12.1 Å². The Hall–Kier alpha value is -4.24. The summed E-state index contributed by atoms with van der Waals surface area (Å²) in [6, 6.07) is 27.7. The Morgan fingerprint density at radius 3 is 2.36 bits per heavy atom. The molecule has 0 aliphatic carbocycles. The van der Waals surface area contributed by atoms with Gasteiger partial charge in [0, 0.05) is 26.7 Å². The van der Waals surface area contributed by atoms with Crippen LogP contribution in [0, 0.1) is 0 Å². The summed E-state index contributed by atoms with van der Waals surface area (Å²) >= 11 is 13.5. The first kappa shape index (κ1) is 30.7. The number of hydrogen-bond donors (Lipinski definition) is 3. The van der Waals surface area contributed by atoms with Gasteiger partial charge in [-0.3, -0.25) is 14.4 Å². The highest BCUT2D eigenvalue weighted by Crippen LogP contribution is 2.29. The van der Waals surface area contributed by atoms with Gasteiger partial charge in [0.1, 0.15) is 11.4 Å². The third-order valence-electron chi connectivity index (χ3n) is 5.93. The largest absolute Gasteiger partial charge is 0.496 e. The van der Waals surface area contributed by atoms with E-state index in [1.165, 1.54) is 18.9 Å². The second-order valence-corrected chi connectivity index (χ2v) is 11.2. The van der Waals surface area contributed by atoms with Crippen LogP contribution in [0.15, 0.2) is 108 Å². The number of methoxy groups -OCH3 is 1. The maximum atomic E-state index is 13.5. The molecule has 10 heteroatoms. The number of carbonyl (C=O) groups is 3. The summed E-state index contributed by atoms with van der Waals surface area (Å²) in [6.07, 6.45) is 1.56. The molecule has 0 aliphatic heterocycles. The molecular weight excluding hydrogens is 593 g/mol. The van der Waals surface area contributed by atoms with Crippen LogP contribution in [0.5, 0.6) is 5.75 Å². The van der Waals surface area contributed by atoms with Gasteiger partial charge in [0.05, 0.1) is 23.1 Å². The zero-order valence-corrected chi connectivity index (χ0v) is 25.0. The van der Waals surface area contributed by atoms with Crippen molar-refractivity contribution in [2.24, 2.45) is 0 Å². The van der Waals surface area contributed by atoms with E-state index >= 15 is 0 Å². The molecule has 4 rings (SSSR count).